The third-order valence-corrected chi connectivity index (χ3v) is 5.31. The van der Waals surface area contributed by atoms with E-state index in [1.807, 2.05) is 0 Å². The Bertz CT molecular complexity index is 997. The summed E-state index contributed by atoms with van der Waals surface area (Å²) in [6.07, 6.45) is 0. The average Bonchev–Trinajstić information content (AvgIpc) is 3.21. The largest absolute Gasteiger partial charge is 0.461 e. The van der Waals surface area contributed by atoms with Gasteiger partial charge in [0.15, 0.2) is 5.13 Å². The predicted molar refractivity (Wildman–Crippen MR) is 98.2 cm³/mol. The molecule has 0 radical (unpaired) electrons. The number of ether oxygens (including phenoxy) is 1. The molecule has 10 heteroatoms. The van der Waals surface area contributed by atoms with Crippen molar-refractivity contribution in [2.75, 3.05) is 11.9 Å². The van der Waals surface area contributed by atoms with Crippen LogP contribution in [0.3, 0.4) is 0 Å². The molecule has 0 aliphatic rings. The number of carbonyl (C=O) groups is 2. The van der Waals surface area contributed by atoms with Crippen LogP contribution in [-0.2, 0) is 4.74 Å². The maximum Gasteiger partial charge on any atom is 0.367 e. The summed E-state index contributed by atoms with van der Waals surface area (Å²) in [4.78, 5) is 33.0. The summed E-state index contributed by atoms with van der Waals surface area (Å²) in [5, 5.41) is 4.44. The Kier molecular flexibility index (Phi) is 5.57. The first kappa shape index (κ1) is 19.1. The first-order valence-corrected chi connectivity index (χ1v) is 9.46. The Morgan fingerprint density at radius 1 is 1.22 bits per heavy atom. The summed E-state index contributed by atoms with van der Waals surface area (Å²) in [6, 6.07) is 3.18. The molecule has 0 spiro atoms. The van der Waals surface area contributed by atoms with E-state index in [2.05, 4.69) is 15.3 Å². The first-order valence-electron chi connectivity index (χ1n) is 7.76. The van der Waals surface area contributed by atoms with Gasteiger partial charge in [0.1, 0.15) is 17.2 Å². The quantitative estimate of drug-likeness (QED) is 0.636. The number of nitrogens with one attached hydrogen (secondary N) is 1. The van der Waals surface area contributed by atoms with Crippen molar-refractivity contribution in [1.29, 1.82) is 0 Å². The Labute approximate surface area is 160 Å². The maximum atomic E-state index is 13.7. The van der Waals surface area contributed by atoms with E-state index in [0.29, 0.717) is 16.3 Å². The molecule has 1 aromatic carbocycles. The highest BCUT2D eigenvalue weighted by atomic mass is 32.1. The van der Waals surface area contributed by atoms with E-state index in [4.69, 9.17) is 4.74 Å². The van der Waals surface area contributed by atoms with E-state index in [0.717, 1.165) is 34.8 Å². The van der Waals surface area contributed by atoms with Gasteiger partial charge in [0.25, 0.3) is 5.91 Å². The minimum Gasteiger partial charge on any atom is -0.461 e. The number of nitrogens with zero attached hydrogens (tertiary/aromatic N) is 2. The lowest BCUT2D eigenvalue weighted by atomic mass is 10.2. The second-order valence-corrected chi connectivity index (χ2v) is 7.10. The Balaban J connectivity index is 1.83. The molecule has 2 heterocycles. The van der Waals surface area contributed by atoms with Crippen LogP contribution in [0.1, 0.15) is 32.8 Å². The molecule has 1 amide bonds. The zero-order valence-electron chi connectivity index (χ0n) is 14.2. The number of esters is 1. The molecular formula is C17H13F2N3O3S2. The minimum absolute atomic E-state index is 0.167. The number of amides is 1. The molecule has 0 bridgehead atoms. The smallest absolute Gasteiger partial charge is 0.367 e. The van der Waals surface area contributed by atoms with Crippen LogP contribution in [0, 0.1) is 18.6 Å². The molecule has 3 rings (SSSR count). The van der Waals surface area contributed by atoms with Crippen molar-refractivity contribution in [2.45, 2.75) is 13.8 Å². The van der Waals surface area contributed by atoms with E-state index >= 15 is 0 Å². The monoisotopic (exact) mass is 409 g/mol. The fraction of sp³-hybridized carbons (Fsp3) is 0.176. The molecule has 0 unspecified atom stereocenters. The fourth-order valence-corrected chi connectivity index (χ4v) is 3.92. The fourth-order valence-electron chi connectivity index (χ4n) is 2.23. The number of anilines is 1. The molecule has 0 atom stereocenters. The van der Waals surface area contributed by atoms with Crippen LogP contribution in [-0.4, -0.2) is 28.5 Å². The van der Waals surface area contributed by atoms with Gasteiger partial charge in [-0.2, -0.15) is 0 Å². The van der Waals surface area contributed by atoms with Crippen molar-refractivity contribution >= 4 is 39.7 Å². The lowest BCUT2D eigenvalue weighted by Crippen LogP contribution is -2.15. The number of carbonyl (C=O) groups excluding carboxylic acids is 2. The Hall–Kier alpha value is -2.72. The number of thiazole rings is 2. The Morgan fingerprint density at radius 2 is 1.93 bits per heavy atom. The van der Waals surface area contributed by atoms with Gasteiger partial charge >= 0.3 is 5.97 Å². The second-order valence-electron chi connectivity index (χ2n) is 5.24. The maximum absolute atomic E-state index is 13.7. The van der Waals surface area contributed by atoms with Gasteiger partial charge < -0.3 is 4.74 Å². The first-order chi connectivity index (χ1) is 12.9. The van der Waals surface area contributed by atoms with Gasteiger partial charge in [0.05, 0.1) is 22.9 Å². The van der Waals surface area contributed by atoms with Crippen LogP contribution < -0.4 is 5.32 Å². The number of hydrogen-bond acceptors (Lipinski definition) is 7. The summed E-state index contributed by atoms with van der Waals surface area (Å²) < 4.78 is 32.4. The highest BCUT2D eigenvalue weighted by Gasteiger charge is 2.21. The number of halogens is 2. The zero-order chi connectivity index (χ0) is 19.6. The van der Waals surface area contributed by atoms with Crippen molar-refractivity contribution < 1.29 is 23.1 Å². The minimum atomic E-state index is -0.959. The van der Waals surface area contributed by atoms with E-state index in [-0.39, 0.29) is 16.7 Å². The highest BCUT2D eigenvalue weighted by Crippen LogP contribution is 2.33. The number of aryl methyl sites for hydroxylation is 1. The van der Waals surface area contributed by atoms with Crippen molar-refractivity contribution in [3.8, 4) is 10.6 Å². The molecular weight excluding hydrogens is 396 g/mol. The standard InChI is InChI=1S/C17H13F2N3O3S2/c1-3-25-16(24)15-21-11(7-26-15)13-8(2)20-17(27-13)22-14(23)12-9(18)5-4-6-10(12)19/h4-7H,3H2,1-2H3,(H,20,22,23). The molecule has 2 aromatic heterocycles. The van der Waals surface area contributed by atoms with Crippen LogP contribution in [0.5, 0.6) is 0 Å². The molecule has 140 valence electrons. The van der Waals surface area contributed by atoms with Gasteiger partial charge in [-0.1, -0.05) is 17.4 Å². The summed E-state index contributed by atoms with van der Waals surface area (Å²) >= 11 is 2.22. The van der Waals surface area contributed by atoms with Crippen LogP contribution in [0.25, 0.3) is 10.6 Å². The van der Waals surface area contributed by atoms with Gasteiger partial charge in [0, 0.05) is 5.38 Å². The summed E-state index contributed by atoms with van der Waals surface area (Å²) in [5.74, 6) is -3.37. The Morgan fingerprint density at radius 3 is 2.59 bits per heavy atom. The molecule has 0 fully saturated rings. The average molecular weight is 409 g/mol. The lowest BCUT2D eigenvalue weighted by Gasteiger charge is -2.04. The van der Waals surface area contributed by atoms with Gasteiger partial charge in [0.2, 0.25) is 5.01 Å². The summed E-state index contributed by atoms with van der Waals surface area (Å²) in [5.41, 5.74) is 0.394. The van der Waals surface area contributed by atoms with Crippen LogP contribution in [0.15, 0.2) is 23.6 Å². The highest BCUT2D eigenvalue weighted by molar-refractivity contribution is 7.19. The summed E-state index contributed by atoms with van der Waals surface area (Å²) in [7, 11) is 0. The molecule has 0 aliphatic carbocycles. The van der Waals surface area contributed by atoms with E-state index in [1.54, 1.807) is 19.2 Å². The molecule has 1 N–H and O–H groups in total. The number of aromatic nitrogens is 2. The predicted octanol–water partition coefficient (Wildman–Crippen LogP) is 4.28. The van der Waals surface area contributed by atoms with Crippen LogP contribution in [0.4, 0.5) is 13.9 Å². The van der Waals surface area contributed by atoms with Crippen molar-refractivity contribution in [3.05, 3.63) is 51.5 Å². The molecule has 3 aromatic rings. The van der Waals surface area contributed by atoms with Gasteiger partial charge in [-0.25, -0.2) is 23.5 Å². The third kappa shape index (κ3) is 4.01. The topological polar surface area (TPSA) is 81.2 Å². The van der Waals surface area contributed by atoms with Gasteiger partial charge in [-0.15, -0.1) is 11.3 Å². The van der Waals surface area contributed by atoms with E-state index in [1.165, 1.54) is 6.07 Å². The molecule has 0 saturated heterocycles. The molecule has 0 aliphatic heterocycles. The van der Waals surface area contributed by atoms with Gasteiger partial charge in [-0.05, 0) is 26.0 Å². The van der Waals surface area contributed by atoms with Crippen LogP contribution in [0.2, 0.25) is 0 Å². The summed E-state index contributed by atoms with van der Waals surface area (Å²) in [6.45, 7) is 3.65. The molecule has 27 heavy (non-hydrogen) atoms. The molecule has 6 nitrogen and oxygen atoms in total. The third-order valence-electron chi connectivity index (χ3n) is 3.39. The van der Waals surface area contributed by atoms with Crippen molar-refractivity contribution in [3.63, 3.8) is 0 Å². The van der Waals surface area contributed by atoms with Crippen molar-refractivity contribution in [1.82, 2.24) is 9.97 Å². The lowest BCUT2D eigenvalue weighted by molar-refractivity contribution is 0.0526. The SMILES string of the molecule is CCOC(=O)c1nc(-c2sc(NC(=O)c3c(F)cccc3F)nc2C)cs1. The van der Waals surface area contributed by atoms with E-state index < -0.39 is 29.1 Å². The number of rotatable bonds is 5. The zero-order valence-corrected chi connectivity index (χ0v) is 15.8. The normalized spacial score (nSPS) is 10.7. The van der Waals surface area contributed by atoms with E-state index in [9.17, 15) is 18.4 Å². The van der Waals surface area contributed by atoms with Gasteiger partial charge in [-0.3, -0.25) is 10.1 Å². The second kappa shape index (κ2) is 7.89. The number of hydrogen-bond donors (Lipinski definition) is 1. The molecule has 0 saturated carbocycles. The van der Waals surface area contributed by atoms with Crippen molar-refractivity contribution in [2.24, 2.45) is 0 Å². The van der Waals surface area contributed by atoms with Crippen LogP contribution >= 0.6 is 22.7 Å². The number of benzene rings is 1.